The van der Waals surface area contributed by atoms with Crippen molar-refractivity contribution in [1.82, 2.24) is 5.32 Å². The van der Waals surface area contributed by atoms with Crippen LogP contribution in [0.3, 0.4) is 0 Å². The van der Waals surface area contributed by atoms with Gasteiger partial charge >= 0.3 is 0 Å². The first-order valence-electron chi connectivity index (χ1n) is 7.05. The number of hydrogen-bond acceptors (Lipinski definition) is 3. The van der Waals surface area contributed by atoms with Crippen LogP contribution in [-0.4, -0.2) is 24.4 Å². The van der Waals surface area contributed by atoms with Gasteiger partial charge in [-0.05, 0) is 46.5 Å². The van der Waals surface area contributed by atoms with Crippen molar-refractivity contribution in [3.05, 3.63) is 28.2 Å². The average molecular weight is 328 g/mol. The van der Waals surface area contributed by atoms with Gasteiger partial charge < -0.3 is 15.2 Å². The Labute approximate surface area is 123 Å². The molecule has 4 heteroatoms. The summed E-state index contributed by atoms with van der Waals surface area (Å²) < 4.78 is 6.59. The van der Waals surface area contributed by atoms with Crippen LogP contribution in [0.25, 0.3) is 0 Å². The van der Waals surface area contributed by atoms with Gasteiger partial charge in [0.2, 0.25) is 0 Å². The van der Waals surface area contributed by atoms with Gasteiger partial charge in [-0.25, -0.2) is 0 Å². The van der Waals surface area contributed by atoms with Crippen molar-refractivity contribution in [3.63, 3.8) is 0 Å². The molecule has 0 heterocycles. The third kappa shape index (κ3) is 5.13. The van der Waals surface area contributed by atoms with Crippen molar-refractivity contribution in [2.45, 2.75) is 44.8 Å². The lowest BCUT2D eigenvalue weighted by Crippen LogP contribution is -2.24. The van der Waals surface area contributed by atoms with Crippen molar-refractivity contribution in [2.24, 2.45) is 0 Å². The van der Waals surface area contributed by atoms with Crippen LogP contribution in [0.2, 0.25) is 0 Å². The maximum absolute atomic E-state index is 9.41. The molecule has 1 fully saturated rings. The van der Waals surface area contributed by atoms with E-state index in [0.29, 0.717) is 6.10 Å². The lowest BCUT2D eigenvalue weighted by Gasteiger charge is -2.22. The predicted molar refractivity (Wildman–Crippen MR) is 80.3 cm³/mol. The molecule has 0 saturated heterocycles. The molecule has 3 nitrogen and oxygen atoms in total. The highest BCUT2D eigenvalue weighted by Gasteiger charge is 2.12. The molecule has 1 aliphatic carbocycles. The van der Waals surface area contributed by atoms with E-state index >= 15 is 0 Å². The summed E-state index contributed by atoms with van der Waals surface area (Å²) in [5.74, 6) is 0.282. The van der Waals surface area contributed by atoms with Gasteiger partial charge in [0, 0.05) is 13.1 Å². The van der Waals surface area contributed by atoms with E-state index in [1.807, 2.05) is 12.1 Å². The largest absolute Gasteiger partial charge is 0.507 e. The van der Waals surface area contributed by atoms with Crippen LogP contribution in [0, 0.1) is 0 Å². The Morgan fingerprint density at radius 3 is 2.79 bits per heavy atom. The molecule has 1 saturated carbocycles. The number of nitrogens with one attached hydrogen (secondary N) is 1. The minimum Gasteiger partial charge on any atom is -0.507 e. The summed E-state index contributed by atoms with van der Waals surface area (Å²) in [6.07, 6.45) is 6.95. The molecule has 0 spiro atoms. The first-order chi connectivity index (χ1) is 9.25. The van der Waals surface area contributed by atoms with Gasteiger partial charge in [-0.3, -0.25) is 0 Å². The zero-order valence-electron chi connectivity index (χ0n) is 11.2. The maximum atomic E-state index is 9.41. The molecule has 2 rings (SSSR count). The van der Waals surface area contributed by atoms with Crippen LogP contribution in [0.4, 0.5) is 0 Å². The number of rotatable bonds is 6. The van der Waals surface area contributed by atoms with Crippen LogP contribution < -0.4 is 5.32 Å². The molecule has 19 heavy (non-hydrogen) atoms. The molecular formula is C15H22BrNO2. The molecule has 0 aromatic heterocycles. The average Bonchev–Trinajstić information content (AvgIpc) is 2.43. The van der Waals surface area contributed by atoms with Crippen LogP contribution in [-0.2, 0) is 11.3 Å². The number of phenolic OH excluding ortho intramolecular Hbond substituents is 1. The lowest BCUT2D eigenvalue weighted by molar-refractivity contribution is 0.0302. The second-order valence-electron chi connectivity index (χ2n) is 5.09. The second-order valence-corrected chi connectivity index (χ2v) is 5.95. The molecule has 0 bridgehead atoms. The molecule has 2 N–H and O–H groups in total. The first kappa shape index (κ1) is 14.8. The third-order valence-electron chi connectivity index (χ3n) is 3.53. The first-order valence-corrected chi connectivity index (χ1v) is 7.85. The van der Waals surface area contributed by atoms with E-state index in [-0.39, 0.29) is 5.75 Å². The van der Waals surface area contributed by atoms with E-state index in [0.717, 1.165) is 29.7 Å². The number of halogens is 1. The molecule has 0 aliphatic heterocycles. The van der Waals surface area contributed by atoms with Crippen molar-refractivity contribution >= 4 is 15.9 Å². The molecule has 1 aromatic rings. The minimum absolute atomic E-state index is 0.282. The van der Waals surface area contributed by atoms with Gasteiger partial charge in [-0.15, -0.1) is 0 Å². The number of benzene rings is 1. The highest BCUT2D eigenvalue weighted by Crippen LogP contribution is 2.24. The smallest absolute Gasteiger partial charge is 0.129 e. The summed E-state index contributed by atoms with van der Waals surface area (Å²) in [5, 5.41) is 12.8. The van der Waals surface area contributed by atoms with E-state index in [9.17, 15) is 5.11 Å². The van der Waals surface area contributed by atoms with Crippen LogP contribution in [0.1, 0.15) is 37.7 Å². The van der Waals surface area contributed by atoms with Gasteiger partial charge in [0.25, 0.3) is 0 Å². The van der Waals surface area contributed by atoms with Crippen molar-refractivity contribution < 1.29 is 9.84 Å². The van der Waals surface area contributed by atoms with Crippen molar-refractivity contribution in [2.75, 3.05) is 13.2 Å². The molecule has 0 radical (unpaired) electrons. The monoisotopic (exact) mass is 327 g/mol. The number of phenols is 1. The summed E-state index contributed by atoms with van der Waals surface area (Å²) in [5.41, 5.74) is 1.15. The van der Waals surface area contributed by atoms with Crippen LogP contribution >= 0.6 is 15.9 Å². The Morgan fingerprint density at radius 1 is 1.26 bits per heavy atom. The number of hydrogen-bond donors (Lipinski definition) is 2. The Morgan fingerprint density at radius 2 is 2.05 bits per heavy atom. The predicted octanol–water partition coefficient (Wildman–Crippen LogP) is 3.59. The Kier molecular flexibility index (Phi) is 6.14. The highest BCUT2D eigenvalue weighted by molar-refractivity contribution is 9.10. The fraction of sp³-hybridized carbons (Fsp3) is 0.600. The molecule has 0 atom stereocenters. The van der Waals surface area contributed by atoms with Crippen LogP contribution in [0.15, 0.2) is 22.7 Å². The fourth-order valence-electron chi connectivity index (χ4n) is 2.42. The highest BCUT2D eigenvalue weighted by atomic mass is 79.9. The minimum atomic E-state index is 0.282. The standard InChI is InChI=1S/C15H22BrNO2/c16-14-10-12(6-7-15(14)18)11-17-8-9-19-13-4-2-1-3-5-13/h6-7,10,13,17-18H,1-5,8-9,11H2. The van der Waals surface area contributed by atoms with Gasteiger partial charge in [0.15, 0.2) is 0 Å². The fourth-order valence-corrected chi connectivity index (χ4v) is 2.85. The van der Waals surface area contributed by atoms with Gasteiger partial charge in [0.05, 0.1) is 17.2 Å². The zero-order chi connectivity index (χ0) is 13.5. The SMILES string of the molecule is Oc1ccc(CNCCOC2CCCCC2)cc1Br. The molecular weight excluding hydrogens is 306 g/mol. The summed E-state index contributed by atoms with van der Waals surface area (Å²) in [6, 6.07) is 5.57. The topological polar surface area (TPSA) is 41.5 Å². The van der Waals surface area contributed by atoms with Gasteiger partial charge in [-0.1, -0.05) is 25.3 Å². The number of aromatic hydroxyl groups is 1. The molecule has 0 amide bonds. The Bertz CT molecular complexity index is 392. The summed E-state index contributed by atoms with van der Waals surface area (Å²) in [6.45, 7) is 2.45. The van der Waals surface area contributed by atoms with E-state index < -0.39 is 0 Å². The molecule has 1 aliphatic rings. The molecule has 0 unspecified atom stereocenters. The Hall–Kier alpha value is -0.580. The second kappa shape index (κ2) is 7.88. The zero-order valence-corrected chi connectivity index (χ0v) is 12.8. The van der Waals surface area contributed by atoms with Gasteiger partial charge in [-0.2, -0.15) is 0 Å². The van der Waals surface area contributed by atoms with E-state index in [1.165, 1.54) is 32.1 Å². The van der Waals surface area contributed by atoms with E-state index in [1.54, 1.807) is 6.07 Å². The molecule has 106 valence electrons. The van der Waals surface area contributed by atoms with E-state index in [2.05, 4.69) is 21.2 Å². The van der Waals surface area contributed by atoms with Gasteiger partial charge in [0.1, 0.15) is 5.75 Å². The van der Waals surface area contributed by atoms with Crippen LogP contribution in [0.5, 0.6) is 5.75 Å². The Balaban J connectivity index is 1.59. The quantitative estimate of drug-likeness (QED) is 0.784. The van der Waals surface area contributed by atoms with Crippen molar-refractivity contribution in [3.8, 4) is 5.75 Å². The molecule has 1 aromatic carbocycles. The summed E-state index contributed by atoms with van der Waals surface area (Å²) in [7, 11) is 0. The summed E-state index contributed by atoms with van der Waals surface area (Å²) in [4.78, 5) is 0. The lowest BCUT2D eigenvalue weighted by atomic mass is 9.98. The van der Waals surface area contributed by atoms with E-state index in [4.69, 9.17) is 4.74 Å². The maximum Gasteiger partial charge on any atom is 0.129 e. The van der Waals surface area contributed by atoms with Crippen molar-refractivity contribution in [1.29, 1.82) is 0 Å². The normalized spacial score (nSPS) is 16.7. The number of ether oxygens (including phenoxy) is 1. The third-order valence-corrected chi connectivity index (χ3v) is 4.16. The summed E-state index contributed by atoms with van der Waals surface area (Å²) >= 11 is 3.32.